The largest absolute Gasteiger partial charge is 0.251 e. The first-order valence-corrected chi connectivity index (χ1v) is 10.4. The fraction of sp³-hybridized carbons (Fsp3) is 0.308. The maximum Gasteiger partial charge on any atom is 0.0968 e. The molecule has 2 aromatic heterocycles. The number of fused-ring (bicyclic) bond motifs is 3. The number of hydrogen-bond donors (Lipinski definition) is 0. The molecular weight excluding hydrogens is 340 g/mol. The van der Waals surface area contributed by atoms with Crippen molar-refractivity contribution in [2.75, 3.05) is 0 Å². The summed E-state index contributed by atoms with van der Waals surface area (Å²) in [6.07, 6.45) is 6.35. The highest BCUT2D eigenvalue weighted by molar-refractivity contribution is 6.04. The zero-order chi connectivity index (χ0) is 19.5. The third-order valence-electron chi connectivity index (χ3n) is 5.53. The van der Waals surface area contributed by atoms with Crippen LogP contribution in [-0.4, -0.2) is 9.97 Å². The van der Waals surface area contributed by atoms with Crippen LogP contribution < -0.4 is 0 Å². The SMILES string of the molecule is CCCCCCc1cccc(-c2cc3ccc4ccc(C)nc4c3nc2C)c1. The molecule has 0 aliphatic heterocycles. The molecule has 0 spiro atoms. The Bertz CT molecular complexity index is 1130. The topological polar surface area (TPSA) is 25.8 Å². The van der Waals surface area contributed by atoms with Crippen LogP contribution in [0.1, 0.15) is 49.6 Å². The lowest BCUT2D eigenvalue weighted by Crippen LogP contribution is -1.94. The number of rotatable bonds is 6. The second kappa shape index (κ2) is 8.10. The summed E-state index contributed by atoms with van der Waals surface area (Å²) in [5.41, 5.74) is 7.98. The summed E-state index contributed by atoms with van der Waals surface area (Å²) in [6.45, 7) is 6.40. The first kappa shape index (κ1) is 18.6. The Morgan fingerprint density at radius 2 is 1.54 bits per heavy atom. The molecule has 28 heavy (non-hydrogen) atoms. The van der Waals surface area contributed by atoms with Gasteiger partial charge in [-0.25, -0.2) is 0 Å². The van der Waals surface area contributed by atoms with Crippen molar-refractivity contribution in [2.24, 2.45) is 0 Å². The number of unbranched alkanes of at least 4 members (excludes halogenated alkanes) is 3. The minimum atomic E-state index is 0.997. The van der Waals surface area contributed by atoms with Crippen LogP contribution in [0.5, 0.6) is 0 Å². The summed E-state index contributed by atoms with van der Waals surface area (Å²) < 4.78 is 0. The van der Waals surface area contributed by atoms with E-state index < -0.39 is 0 Å². The molecule has 2 heterocycles. The molecule has 4 rings (SSSR count). The molecule has 0 radical (unpaired) electrons. The van der Waals surface area contributed by atoms with E-state index in [1.54, 1.807) is 0 Å². The van der Waals surface area contributed by atoms with Crippen LogP contribution in [0.3, 0.4) is 0 Å². The number of aryl methyl sites for hydroxylation is 3. The van der Waals surface area contributed by atoms with Gasteiger partial charge in [0.2, 0.25) is 0 Å². The Morgan fingerprint density at radius 3 is 2.39 bits per heavy atom. The van der Waals surface area contributed by atoms with Crippen molar-refractivity contribution in [3.05, 3.63) is 71.5 Å². The normalized spacial score (nSPS) is 11.4. The molecule has 0 aliphatic rings. The number of nitrogens with zero attached hydrogens (tertiary/aromatic N) is 2. The Kier molecular flexibility index (Phi) is 5.38. The van der Waals surface area contributed by atoms with E-state index in [9.17, 15) is 0 Å². The van der Waals surface area contributed by atoms with Crippen LogP contribution in [0, 0.1) is 13.8 Å². The van der Waals surface area contributed by atoms with Crippen LogP contribution >= 0.6 is 0 Å². The molecule has 142 valence electrons. The highest BCUT2D eigenvalue weighted by Crippen LogP contribution is 2.30. The number of hydrogen-bond acceptors (Lipinski definition) is 2. The lowest BCUT2D eigenvalue weighted by atomic mass is 9.97. The van der Waals surface area contributed by atoms with Gasteiger partial charge in [0.25, 0.3) is 0 Å². The van der Waals surface area contributed by atoms with Crippen molar-refractivity contribution >= 4 is 21.8 Å². The summed E-state index contributed by atoms with van der Waals surface area (Å²) in [4.78, 5) is 9.72. The number of benzene rings is 2. The minimum absolute atomic E-state index is 0.997. The summed E-state index contributed by atoms with van der Waals surface area (Å²) in [7, 11) is 0. The highest BCUT2D eigenvalue weighted by atomic mass is 14.8. The van der Waals surface area contributed by atoms with E-state index in [0.717, 1.165) is 39.6 Å². The van der Waals surface area contributed by atoms with Gasteiger partial charge in [0.05, 0.1) is 11.0 Å². The molecule has 2 aromatic carbocycles. The van der Waals surface area contributed by atoms with Gasteiger partial charge in [-0.3, -0.25) is 9.97 Å². The van der Waals surface area contributed by atoms with Gasteiger partial charge in [0, 0.05) is 27.7 Å². The van der Waals surface area contributed by atoms with E-state index >= 15 is 0 Å². The van der Waals surface area contributed by atoms with Crippen LogP contribution in [0.2, 0.25) is 0 Å². The third-order valence-corrected chi connectivity index (χ3v) is 5.53. The van der Waals surface area contributed by atoms with Crippen LogP contribution in [0.25, 0.3) is 32.9 Å². The average Bonchev–Trinajstić information content (AvgIpc) is 2.71. The maximum absolute atomic E-state index is 4.97. The van der Waals surface area contributed by atoms with Crippen molar-refractivity contribution in [2.45, 2.75) is 52.9 Å². The van der Waals surface area contributed by atoms with Gasteiger partial charge in [0.1, 0.15) is 0 Å². The van der Waals surface area contributed by atoms with E-state index in [1.807, 2.05) is 6.92 Å². The van der Waals surface area contributed by atoms with Crippen LogP contribution in [0.4, 0.5) is 0 Å². The zero-order valence-corrected chi connectivity index (χ0v) is 17.1. The molecule has 0 aliphatic carbocycles. The quantitative estimate of drug-likeness (QED) is 0.266. The lowest BCUT2D eigenvalue weighted by Gasteiger charge is -2.11. The van der Waals surface area contributed by atoms with Gasteiger partial charge in [-0.1, -0.05) is 68.7 Å². The molecule has 4 aromatic rings. The van der Waals surface area contributed by atoms with E-state index in [0.29, 0.717) is 0 Å². The zero-order valence-electron chi connectivity index (χ0n) is 17.1. The second-order valence-electron chi connectivity index (χ2n) is 7.79. The highest BCUT2D eigenvalue weighted by Gasteiger charge is 2.10. The van der Waals surface area contributed by atoms with Crippen molar-refractivity contribution in [3.8, 4) is 11.1 Å². The summed E-state index contributed by atoms with van der Waals surface area (Å²) in [5.74, 6) is 0. The fourth-order valence-electron chi connectivity index (χ4n) is 3.95. The van der Waals surface area contributed by atoms with Gasteiger partial charge in [-0.05, 0) is 49.9 Å². The molecule has 0 saturated heterocycles. The molecule has 2 nitrogen and oxygen atoms in total. The monoisotopic (exact) mass is 368 g/mol. The Hall–Kier alpha value is -2.74. The lowest BCUT2D eigenvalue weighted by molar-refractivity contribution is 0.667. The van der Waals surface area contributed by atoms with Gasteiger partial charge in [-0.2, -0.15) is 0 Å². The molecule has 2 heteroatoms. The van der Waals surface area contributed by atoms with Gasteiger partial charge >= 0.3 is 0 Å². The van der Waals surface area contributed by atoms with Crippen molar-refractivity contribution in [1.29, 1.82) is 0 Å². The summed E-state index contributed by atoms with van der Waals surface area (Å²) >= 11 is 0. The van der Waals surface area contributed by atoms with Gasteiger partial charge < -0.3 is 0 Å². The predicted octanol–water partition coefficient (Wildman–Crippen LogP) is 7.19. The molecular formula is C26H28N2. The standard InChI is InChI=1S/C26H28N2/c1-4-5-6-7-9-20-10-8-11-22(16-20)24-17-23-15-14-21-13-12-18(2)27-25(21)26(23)28-19(24)3/h8,10-17H,4-7,9H2,1-3H3. The van der Waals surface area contributed by atoms with Crippen molar-refractivity contribution < 1.29 is 0 Å². The third kappa shape index (κ3) is 3.77. The number of aromatic nitrogens is 2. The molecule has 0 bridgehead atoms. The van der Waals surface area contributed by atoms with E-state index in [-0.39, 0.29) is 0 Å². The smallest absolute Gasteiger partial charge is 0.0968 e. The Morgan fingerprint density at radius 1 is 0.750 bits per heavy atom. The summed E-state index contributed by atoms with van der Waals surface area (Å²) in [6, 6.07) is 19.7. The minimum Gasteiger partial charge on any atom is -0.251 e. The Balaban J connectivity index is 1.73. The van der Waals surface area contributed by atoms with Gasteiger partial charge in [0.15, 0.2) is 0 Å². The summed E-state index contributed by atoms with van der Waals surface area (Å²) in [5, 5.41) is 2.30. The fourth-order valence-corrected chi connectivity index (χ4v) is 3.95. The molecule has 0 amide bonds. The van der Waals surface area contributed by atoms with Crippen molar-refractivity contribution in [3.63, 3.8) is 0 Å². The first-order valence-electron chi connectivity index (χ1n) is 10.4. The van der Waals surface area contributed by atoms with E-state index in [2.05, 4.69) is 68.4 Å². The van der Waals surface area contributed by atoms with Crippen LogP contribution in [0.15, 0.2) is 54.6 Å². The molecule has 0 saturated carbocycles. The van der Waals surface area contributed by atoms with Gasteiger partial charge in [-0.15, -0.1) is 0 Å². The molecule has 0 N–H and O–H groups in total. The molecule has 0 fully saturated rings. The van der Waals surface area contributed by atoms with E-state index in [4.69, 9.17) is 9.97 Å². The second-order valence-corrected chi connectivity index (χ2v) is 7.79. The number of pyridine rings is 2. The van der Waals surface area contributed by atoms with E-state index in [1.165, 1.54) is 42.4 Å². The maximum atomic E-state index is 4.97. The first-order chi connectivity index (χ1) is 13.7. The Labute approximate surface area is 167 Å². The molecule has 0 unspecified atom stereocenters. The molecule has 0 atom stereocenters. The average molecular weight is 369 g/mol. The van der Waals surface area contributed by atoms with Crippen LogP contribution in [-0.2, 0) is 6.42 Å². The predicted molar refractivity (Wildman–Crippen MR) is 120 cm³/mol. The van der Waals surface area contributed by atoms with Crippen molar-refractivity contribution in [1.82, 2.24) is 9.97 Å².